The van der Waals surface area contributed by atoms with E-state index in [2.05, 4.69) is 25.2 Å². The molecular formula is C25H30N6O4. The zero-order valence-corrected chi connectivity index (χ0v) is 19.9. The summed E-state index contributed by atoms with van der Waals surface area (Å²) in [5.74, 6) is -0.233. The Morgan fingerprint density at radius 3 is 2.60 bits per heavy atom. The summed E-state index contributed by atoms with van der Waals surface area (Å²) in [5.41, 5.74) is 2.29. The van der Waals surface area contributed by atoms with Crippen molar-refractivity contribution >= 4 is 28.5 Å². The second-order valence-corrected chi connectivity index (χ2v) is 9.43. The lowest BCUT2D eigenvalue weighted by Gasteiger charge is -2.33. The number of carbonyl (C=O) groups is 2. The van der Waals surface area contributed by atoms with Crippen molar-refractivity contribution in [1.29, 1.82) is 0 Å². The van der Waals surface area contributed by atoms with Gasteiger partial charge in [0.2, 0.25) is 0 Å². The Bertz CT molecular complexity index is 1280. The van der Waals surface area contributed by atoms with Gasteiger partial charge in [-0.1, -0.05) is 13.3 Å². The van der Waals surface area contributed by atoms with Gasteiger partial charge in [-0.2, -0.15) is 0 Å². The van der Waals surface area contributed by atoms with Gasteiger partial charge >= 0.3 is 0 Å². The molecule has 1 aromatic carbocycles. The lowest BCUT2D eigenvalue weighted by Crippen LogP contribution is -2.46. The smallest absolute Gasteiger partial charge is 0.261 e. The topological polar surface area (TPSA) is 134 Å². The molecule has 1 atom stereocenters. The summed E-state index contributed by atoms with van der Waals surface area (Å²) < 4.78 is 0. The summed E-state index contributed by atoms with van der Waals surface area (Å²) >= 11 is 0. The number of aromatic amines is 2. The van der Waals surface area contributed by atoms with E-state index in [-0.39, 0.29) is 23.4 Å². The van der Waals surface area contributed by atoms with Crippen LogP contribution in [-0.4, -0.2) is 80.5 Å². The number of carbonyl (C=O) groups excluding carboxylic acids is 2. The molecule has 0 radical (unpaired) electrons. The minimum atomic E-state index is -0.532. The van der Waals surface area contributed by atoms with E-state index in [1.165, 1.54) is 11.1 Å². The lowest BCUT2D eigenvalue weighted by atomic mass is 10.0. The van der Waals surface area contributed by atoms with Gasteiger partial charge in [-0.15, -0.1) is 0 Å². The maximum Gasteiger partial charge on any atom is 0.261 e. The maximum atomic E-state index is 13.2. The quantitative estimate of drug-likeness (QED) is 0.382. The SMILES string of the molecule is CCCC(O)CNc1cc[nH]c(=O)c1-c1nc2cc3c(cc2[nH]1)C(=O)N(C1CCN(C)CC1)C3=O. The molecule has 5 rings (SSSR count). The zero-order valence-electron chi connectivity index (χ0n) is 19.9. The number of anilines is 1. The van der Waals surface area contributed by atoms with Crippen LogP contribution in [0.3, 0.4) is 0 Å². The van der Waals surface area contributed by atoms with Gasteiger partial charge < -0.3 is 25.3 Å². The number of piperidine rings is 1. The molecule has 3 aromatic rings. The third kappa shape index (κ3) is 4.23. The van der Waals surface area contributed by atoms with Crippen LogP contribution >= 0.6 is 0 Å². The van der Waals surface area contributed by atoms with Crippen molar-refractivity contribution < 1.29 is 14.7 Å². The number of likely N-dealkylation sites (tertiary alicyclic amines) is 1. The second kappa shape index (κ2) is 9.27. The second-order valence-electron chi connectivity index (χ2n) is 9.43. The fourth-order valence-electron chi connectivity index (χ4n) is 4.99. The molecule has 35 heavy (non-hydrogen) atoms. The van der Waals surface area contributed by atoms with E-state index in [0.717, 1.165) is 32.4 Å². The highest BCUT2D eigenvalue weighted by molar-refractivity contribution is 6.23. The molecule has 4 heterocycles. The van der Waals surface area contributed by atoms with Crippen LogP contribution in [0.1, 0.15) is 53.3 Å². The largest absolute Gasteiger partial charge is 0.391 e. The molecule has 2 aliphatic heterocycles. The van der Waals surface area contributed by atoms with Crippen LogP contribution in [0.25, 0.3) is 22.4 Å². The van der Waals surface area contributed by atoms with E-state index >= 15 is 0 Å². The van der Waals surface area contributed by atoms with Crippen molar-refractivity contribution in [3.8, 4) is 11.4 Å². The summed E-state index contributed by atoms with van der Waals surface area (Å²) in [4.78, 5) is 53.1. The minimum absolute atomic E-state index is 0.0972. The third-order valence-electron chi connectivity index (χ3n) is 6.92. The summed E-state index contributed by atoms with van der Waals surface area (Å²) in [5, 5.41) is 13.2. The van der Waals surface area contributed by atoms with Crippen LogP contribution in [0.15, 0.2) is 29.2 Å². The minimum Gasteiger partial charge on any atom is -0.391 e. The molecule has 0 spiro atoms. The third-order valence-corrected chi connectivity index (χ3v) is 6.92. The predicted molar refractivity (Wildman–Crippen MR) is 133 cm³/mol. The lowest BCUT2D eigenvalue weighted by molar-refractivity contribution is 0.0516. The summed E-state index contributed by atoms with van der Waals surface area (Å²) in [7, 11) is 2.04. The molecule has 0 saturated carbocycles. The molecule has 2 aliphatic rings. The highest BCUT2D eigenvalue weighted by Gasteiger charge is 2.41. The molecule has 1 fully saturated rings. The van der Waals surface area contributed by atoms with Gasteiger partial charge in [-0.05, 0) is 57.6 Å². The van der Waals surface area contributed by atoms with E-state index in [9.17, 15) is 19.5 Å². The van der Waals surface area contributed by atoms with Crippen LogP contribution in [-0.2, 0) is 0 Å². The molecule has 184 valence electrons. The highest BCUT2D eigenvalue weighted by Crippen LogP contribution is 2.32. The number of nitrogens with zero attached hydrogens (tertiary/aromatic N) is 3. The van der Waals surface area contributed by atoms with Gasteiger partial charge in [-0.3, -0.25) is 19.3 Å². The monoisotopic (exact) mass is 478 g/mol. The average molecular weight is 479 g/mol. The first kappa shape index (κ1) is 23.3. The Morgan fingerprint density at radius 1 is 1.17 bits per heavy atom. The molecule has 10 nitrogen and oxygen atoms in total. The number of benzene rings is 1. The standard InChI is InChI=1S/C25H30N6O4/c1-3-4-15(32)13-27-18-5-8-26-23(33)21(18)22-28-19-11-16-17(12-20(19)29-22)25(35)31(24(16)34)14-6-9-30(2)10-7-14/h5,8,11-12,14-15,32H,3-4,6-7,9-10,13H2,1-2H3,(H,28,29)(H2,26,27,33). The van der Waals surface area contributed by atoms with Crippen LogP contribution in [0.2, 0.25) is 0 Å². The van der Waals surface area contributed by atoms with E-state index in [0.29, 0.717) is 52.2 Å². The number of nitrogens with one attached hydrogen (secondary N) is 3. The Labute approximate surface area is 202 Å². The van der Waals surface area contributed by atoms with Crippen molar-refractivity contribution in [3.05, 3.63) is 45.9 Å². The molecule has 2 amide bonds. The fraction of sp³-hybridized carbons (Fsp3) is 0.440. The number of aliphatic hydroxyl groups is 1. The first-order valence-electron chi connectivity index (χ1n) is 12.1. The van der Waals surface area contributed by atoms with Gasteiger partial charge in [0.25, 0.3) is 17.4 Å². The van der Waals surface area contributed by atoms with Crippen molar-refractivity contribution in [2.75, 3.05) is 32.0 Å². The molecule has 1 unspecified atom stereocenters. The molecule has 0 bridgehead atoms. The van der Waals surface area contributed by atoms with E-state index in [4.69, 9.17) is 0 Å². The number of H-pyrrole nitrogens is 2. The molecule has 0 aliphatic carbocycles. The molecule has 1 saturated heterocycles. The van der Waals surface area contributed by atoms with Gasteiger partial charge in [0.15, 0.2) is 0 Å². The number of pyridine rings is 1. The Hall–Kier alpha value is -3.50. The van der Waals surface area contributed by atoms with Gasteiger partial charge in [0.1, 0.15) is 11.4 Å². The van der Waals surface area contributed by atoms with Gasteiger partial charge in [0, 0.05) is 18.8 Å². The summed E-state index contributed by atoms with van der Waals surface area (Å²) in [6.45, 7) is 3.99. The Morgan fingerprint density at radius 2 is 1.89 bits per heavy atom. The van der Waals surface area contributed by atoms with Crippen molar-refractivity contribution in [3.63, 3.8) is 0 Å². The molecular weight excluding hydrogens is 448 g/mol. The Kier molecular flexibility index (Phi) is 6.16. The van der Waals surface area contributed by atoms with Gasteiger partial charge in [0.05, 0.1) is 34.0 Å². The van der Waals surface area contributed by atoms with Crippen LogP contribution in [0.4, 0.5) is 5.69 Å². The number of imidazole rings is 1. The summed E-state index contributed by atoms with van der Waals surface area (Å²) in [6.07, 6.45) is 4.04. The van der Waals surface area contributed by atoms with Crippen LogP contribution in [0, 0.1) is 0 Å². The molecule has 2 aromatic heterocycles. The Balaban J connectivity index is 1.46. The van der Waals surface area contributed by atoms with E-state index in [1.807, 2.05) is 14.0 Å². The number of amides is 2. The van der Waals surface area contributed by atoms with Crippen molar-refractivity contribution in [2.45, 2.75) is 44.8 Å². The number of aliphatic hydroxyl groups excluding tert-OH is 1. The summed E-state index contributed by atoms with van der Waals surface area (Å²) in [6, 6.07) is 4.91. The van der Waals surface area contributed by atoms with E-state index < -0.39 is 6.10 Å². The molecule has 10 heteroatoms. The average Bonchev–Trinajstić information content (AvgIpc) is 3.35. The van der Waals surface area contributed by atoms with E-state index in [1.54, 1.807) is 18.2 Å². The zero-order chi connectivity index (χ0) is 24.7. The van der Waals surface area contributed by atoms with Gasteiger partial charge in [-0.25, -0.2) is 4.98 Å². The fourth-order valence-corrected chi connectivity index (χ4v) is 4.99. The maximum absolute atomic E-state index is 13.2. The first-order chi connectivity index (χ1) is 16.9. The number of aromatic nitrogens is 3. The number of hydrogen-bond donors (Lipinski definition) is 4. The highest BCUT2D eigenvalue weighted by atomic mass is 16.3. The number of imide groups is 1. The first-order valence-corrected chi connectivity index (χ1v) is 12.1. The normalized spacial score (nSPS) is 17.9. The molecule has 4 N–H and O–H groups in total. The van der Waals surface area contributed by atoms with Crippen molar-refractivity contribution in [2.24, 2.45) is 0 Å². The number of fused-ring (bicyclic) bond motifs is 2. The van der Waals surface area contributed by atoms with Crippen LogP contribution < -0.4 is 10.9 Å². The van der Waals surface area contributed by atoms with Crippen LogP contribution in [0.5, 0.6) is 0 Å². The van der Waals surface area contributed by atoms with Crippen molar-refractivity contribution in [1.82, 2.24) is 24.8 Å². The predicted octanol–water partition coefficient (Wildman–Crippen LogP) is 2.18. The number of rotatable bonds is 7. The number of hydrogen-bond acceptors (Lipinski definition) is 7.